The van der Waals surface area contributed by atoms with Gasteiger partial charge in [0.2, 0.25) is 11.8 Å². The zero-order valence-corrected chi connectivity index (χ0v) is 11.7. The first kappa shape index (κ1) is 14.3. The molecule has 0 aromatic carbocycles. The van der Waals surface area contributed by atoms with E-state index in [-0.39, 0.29) is 24.2 Å². The maximum atomic E-state index is 12.2. The molecule has 0 bridgehead atoms. The van der Waals surface area contributed by atoms with E-state index in [0.29, 0.717) is 13.1 Å². The Morgan fingerprint density at radius 1 is 1.32 bits per heavy atom. The molecule has 5 nitrogen and oxygen atoms in total. The van der Waals surface area contributed by atoms with Gasteiger partial charge in [-0.25, -0.2) is 0 Å². The highest BCUT2D eigenvalue weighted by Gasteiger charge is 2.36. The number of amides is 2. The highest BCUT2D eigenvalue weighted by Crippen LogP contribution is 2.33. The Bertz CT molecular complexity index is 351. The third-order valence-electron chi connectivity index (χ3n) is 4.41. The summed E-state index contributed by atoms with van der Waals surface area (Å²) in [5.41, 5.74) is -0.795. The van der Waals surface area contributed by atoms with E-state index in [1.807, 2.05) is 0 Å². The number of aliphatic hydroxyl groups is 1. The summed E-state index contributed by atoms with van der Waals surface area (Å²) in [6.07, 6.45) is 5.38. The topological polar surface area (TPSA) is 69.6 Å². The van der Waals surface area contributed by atoms with Gasteiger partial charge in [0.15, 0.2) is 0 Å². The van der Waals surface area contributed by atoms with Gasteiger partial charge in [-0.2, -0.15) is 0 Å². The number of carbonyl (C=O) groups excluding carboxylic acids is 2. The largest absolute Gasteiger partial charge is 0.389 e. The molecule has 1 unspecified atom stereocenters. The SMILES string of the molecule is CNC(=O)C1CCCN(C(=O)CC2(O)CCCC2)C1. The van der Waals surface area contributed by atoms with Gasteiger partial charge >= 0.3 is 0 Å². The smallest absolute Gasteiger partial charge is 0.225 e. The third kappa shape index (κ3) is 3.47. The van der Waals surface area contributed by atoms with Crippen LogP contribution in [0.5, 0.6) is 0 Å². The number of likely N-dealkylation sites (tertiary alicyclic amines) is 1. The fourth-order valence-electron chi connectivity index (χ4n) is 3.22. The van der Waals surface area contributed by atoms with Gasteiger partial charge in [0.25, 0.3) is 0 Å². The summed E-state index contributed by atoms with van der Waals surface area (Å²) in [5, 5.41) is 12.9. The lowest BCUT2D eigenvalue weighted by Crippen LogP contribution is -2.46. The van der Waals surface area contributed by atoms with Crippen LogP contribution < -0.4 is 5.32 Å². The lowest BCUT2D eigenvalue weighted by atomic mass is 9.94. The summed E-state index contributed by atoms with van der Waals surface area (Å²) < 4.78 is 0. The van der Waals surface area contributed by atoms with Gasteiger partial charge in [-0.3, -0.25) is 9.59 Å². The molecule has 1 saturated carbocycles. The van der Waals surface area contributed by atoms with Crippen molar-refractivity contribution in [3.63, 3.8) is 0 Å². The maximum absolute atomic E-state index is 12.2. The zero-order valence-electron chi connectivity index (χ0n) is 11.7. The average Bonchev–Trinajstić information content (AvgIpc) is 2.84. The van der Waals surface area contributed by atoms with Crippen molar-refractivity contribution in [1.82, 2.24) is 10.2 Å². The number of hydrogen-bond acceptors (Lipinski definition) is 3. The summed E-state index contributed by atoms with van der Waals surface area (Å²) in [4.78, 5) is 25.6. The Hall–Kier alpha value is -1.10. The third-order valence-corrected chi connectivity index (χ3v) is 4.41. The molecule has 2 aliphatic rings. The van der Waals surface area contributed by atoms with Gasteiger partial charge in [0, 0.05) is 20.1 Å². The van der Waals surface area contributed by atoms with Gasteiger partial charge in [0.1, 0.15) is 0 Å². The molecule has 0 radical (unpaired) electrons. The number of piperidine rings is 1. The average molecular weight is 268 g/mol. The van der Waals surface area contributed by atoms with Gasteiger partial charge in [-0.05, 0) is 25.7 Å². The highest BCUT2D eigenvalue weighted by atomic mass is 16.3. The molecule has 1 saturated heterocycles. The Labute approximate surface area is 114 Å². The lowest BCUT2D eigenvalue weighted by Gasteiger charge is -2.34. The fraction of sp³-hybridized carbons (Fsp3) is 0.857. The molecule has 0 aromatic rings. The second-order valence-corrected chi connectivity index (χ2v) is 5.90. The molecule has 0 spiro atoms. The predicted molar refractivity (Wildman–Crippen MR) is 71.4 cm³/mol. The van der Waals surface area contributed by atoms with E-state index in [4.69, 9.17) is 0 Å². The Balaban J connectivity index is 1.90. The minimum absolute atomic E-state index is 0.00185. The number of nitrogens with one attached hydrogen (secondary N) is 1. The Morgan fingerprint density at radius 3 is 2.63 bits per heavy atom. The van der Waals surface area contributed by atoms with E-state index in [1.165, 1.54) is 0 Å². The van der Waals surface area contributed by atoms with Crippen LogP contribution in [0.25, 0.3) is 0 Å². The molecular weight excluding hydrogens is 244 g/mol. The van der Waals surface area contributed by atoms with E-state index in [9.17, 15) is 14.7 Å². The molecule has 0 aromatic heterocycles. The van der Waals surface area contributed by atoms with Crippen LogP contribution in [0.15, 0.2) is 0 Å². The van der Waals surface area contributed by atoms with Crippen molar-refractivity contribution < 1.29 is 14.7 Å². The molecular formula is C14H24N2O3. The summed E-state index contributed by atoms with van der Waals surface area (Å²) in [5.74, 6) is -0.0870. The highest BCUT2D eigenvalue weighted by molar-refractivity contribution is 5.81. The van der Waals surface area contributed by atoms with Crippen LogP contribution >= 0.6 is 0 Å². The van der Waals surface area contributed by atoms with Gasteiger partial charge in [-0.15, -0.1) is 0 Å². The zero-order chi connectivity index (χ0) is 13.9. The van der Waals surface area contributed by atoms with Crippen molar-refractivity contribution in [2.75, 3.05) is 20.1 Å². The minimum Gasteiger partial charge on any atom is -0.389 e. The second kappa shape index (κ2) is 5.90. The molecule has 108 valence electrons. The molecule has 19 heavy (non-hydrogen) atoms. The van der Waals surface area contributed by atoms with Crippen LogP contribution in [-0.4, -0.2) is 47.6 Å². The van der Waals surface area contributed by atoms with Crippen molar-refractivity contribution in [1.29, 1.82) is 0 Å². The van der Waals surface area contributed by atoms with Gasteiger partial charge in [0.05, 0.1) is 17.9 Å². The fourth-order valence-corrected chi connectivity index (χ4v) is 3.22. The van der Waals surface area contributed by atoms with Crippen molar-refractivity contribution in [2.45, 2.75) is 50.5 Å². The van der Waals surface area contributed by atoms with Crippen LogP contribution in [0.2, 0.25) is 0 Å². The van der Waals surface area contributed by atoms with Crippen molar-refractivity contribution in [2.24, 2.45) is 5.92 Å². The molecule has 1 aliphatic heterocycles. The number of nitrogens with zero attached hydrogens (tertiary/aromatic N) is 1. The standard InChI is InChI=1S/C14H24N2O3/c1-15-13(18)11-5-4-8-16(10-11)12(17)9-14(19)6-2-3-7-14/h11,19H,2-10H2,1H3,(H,15,18). The van der Waals surface area contributed by atoms with Crippen LogP contribution in [0.3, 0.4) is 0 Å². The van der Waals surface area contributed by atoms with Crippen LogP contribution in [0, 0.1) is 5.92 Å². The molecule has 2 rings (SSSR count). The maximum Gasteiger partial charge on any atom is 0.225 e. The Kier molecular flexibility index (Phi) is 4.45. The van der Waals surface area contributed by atoms with E-state index in [2.05, 4.69) is 5.32 Å². The molecule has 1 aliphatic carbocycles. The molecule has 2 fully saturated rings. The molecule has 5 heteroatoms. The Morgan fingerprint density at radius 2 is 2.00 bits per heavy atom. The van der Waals surface area contributed by atoms with Crippen LogP contribution in [0.1, 0.15) is 44.9 Å². The summed E-state index contributed by atoms with van der Waals surface area (Å²) >= 11 is 0. The quantitative estimate of drug-likeness (QED) is 0.790. The van der Waals surface area contributed by atoms with E-state index in [0.717, 1.165) is 38.5 Å². The van der Waals surface area contributed by atoms with Gasteiger partial charge in [-0.1, -0.05) is 12.8 Å². The van der Waals surface area contributed by atoms with Crippen molar-refractivity contribution in [3.8, 4) is 0 Å². The first-order valence-electron chi connectivity index (χ1n) is 7.26. The van der Waals surface area contributed by atoms with E-state index >= 15 is 0 Å². The lowest BCUT2D eigenvalue weighted by molar-refractivity contribution is -0.139. The molecule has 1 atom stereocenters. The van der Waals surface area contributed by atoms with Crippen LogP contribution in [0.4, 0.5) is 0 Å². The minimum atomic E-state index is -0.795. The number of rotatable bonds is 3. The first-order valence-corrected chi connectivity index (χ1v) is 7.26. The number of hydrogen-bond donors (Lipinski definition) is 2. The normalized spacial score (nSPS) is 26.2. The van der Waals surface area contributed by atoms with Crippen LogP contribution in [-0.2, 0) is 9.59 Å². The molecule has 2 N–H and O–H groups in total. The predicted octanol–water partition coefficient (Wildman–Crippen LogP) is 0.666. The molecule has 1 heterocycles. The number of carbonyl (C=O) groups is 2. The van der Waals surface area contributed by atoms with E-state index in [1.54, 1.807) is 11.9 Å². The first-order chi connectivity index (χ1) is 9.04. The van der Waals surface area contributed by atoms with Gasteiger partial charge < -0.3 is 15.3 Å². The second-order valence-electron chi connectivity index (χ2n) is 5.90. The summed E-state index contributed by atoms with van der Waals surface area (Å²) in [6, 6.07) is 0. The monoisotopic (exact) mass is 268 g/mol. The summed E-state index contributed by atoms with van der Waals surface area (Å²) in [7, 11) is 1.63. The van der Waals surface area contributed by atoms with Crippen molar-refractivity contribution >= 4 is 11.8 Å². The van der Waals surface area contributed by atoms with E-state index < -0.39 is 5.60 Å². The summed E-state index contributed by atoms with van der Waals surface area (Å²) in [6.45, 7) is 1.21. The van der Waals surface area contributed by atoms with Crippen molar-refractivity contribution in [3.05, 3.63) is 0 Å². The molecule has 2 amide bonds.